The van der Waals surface area contributed by atoms with Crippen LogP contribution >= 0.6 is 12.4 Å². The molecule has 1 aliphatic heterocycles. The van der Waals surface area contributed by atoms with Crippen LogP contribution < -0.4 is 10.1 Å². The molecule has 0 saturated carbocycles. The first-order valence-corrected chi connectivity index (χ1v) is 4.23. The van der Waals surface area contributed by atoms with Crippen LogP contribution in [0.5, 0.6) is 5.75 Å². The first-order valence-electron chi connectivity index (χ1n) is 4.23. The van der Waals surface area contributed by atoms with E-state index in [4.69, 9.17) is 4.74 Å². The van der Waals surface area contributed by atoms with Gasteiger partial charge in [0.15, 0.2) is 0 Å². The Hall–Kier alpha value is -0.730. The van der Waals surface area contributed by atoms with Crippen LogP contribution in [-0.4, -0.2) is 18.7 Å². The molecule has 2 nitrogen and oxygen atoms in total. The van der Waals surface area contributed by atoms with E-state index in [9.17, 15) is 0 Å². The summed E-state index contributed by atoms with van der Waals surface area (Å²) in [5.74, 6) is 0.960. The second kappa shape index (κ2) is 3.99. The van der Waals surface area contributed by atoms with Crippen molar-refractivity contribution in [1.82, 2.24) is 5.32 Å². The van der Waals surface area contributed by atoms with Crippen LogP contribution in [0.1, 0.15) is 6.92 Å². The third-order valence-electron chi connectivity index (χ3n) is 2.11. The van der Waals surface area contributed by atoms with Crippen LogP contribution in [0, 0.1) is 0 Å². The fraction of sp³-hybridized carbons (Fsp3) is 0.400. The van der Waals surface area contributed by atoms with Gasteiger partial charge in [-0.05, 0) is 19.1 Å². The number of ether oxygens (including phenoxy) is 1. The molecule has 2 rings (SSSR count). The number of benzene rings is 1. The highest BCUT2D eigenvalue weighted by Gasteiger charge is 2.33. The number of halogens is 1. The maximum Gasteiger partial charge on any atom is 0.131 e. The highest BCUT2D eigenvalue weighted by atomic mass is 35.5. The second-order valence-electron chi connectivity index (χ2n) is 3.47. The summed E-state index contributed by atoms with van der Waals surface area (Å²) < 4.78 is 5.78. The first kappa shape index (κ1) is 10.4. The van der Waals surface area contributed by atoms with Gasteiger partial charge in [0.1, 0.15) is 11.4 Å². The van der Waals surface area contributed by atoms with E-state index in [2.05, 4.69) is 12.2 Å². The molecule has 72 valence electrons. The molecule has 0 aromatic heterocycles. The molecule has 1 aromatic carbocycles. The summed E-state index contributed by atoms with van der Waals surface area (Å²) in [4.78, 5) is 0. The van der Waals surface area contributed by atoms with Crippen molar-refractivity contribution in [1.29, 1.82) is 0 Å². The van der Waals surface area contributed by atoms with E-state index in [0.29, 0.717) is 0 Å². The summed E-state index contributed by atoms with van der Waals surface area (Å²) in [5.41, 5.74) is 0.0152. The van der Waals surface area contributed by atoms with Gasteiger partial charge in [-0.3, -0.25) is 0 Å². The van der Waals surface area contributed by atoms with Crippen molar-refractivity contribution in [2.45, 2.75) is 12.5 Å². The molecule has 0 amide bonds. The standard InChI is InChI=1S/C10H13NO.ClH/c1-10(7-11-8-10)12-9-5-3-2-4-6-9;/h2-6,11H,7-8H2,1H3;1H. The van der Waals surface area contributed by atoms with Crippen molar-refractivity contribution < 1.29 is 4.74 Å². The van der Waals surface area contributed by atoms with Crippen LogP contribution in [0.4, 0.5) is 0 Å². The summed E-state index contributed by atoms with van der Waals surface area (Å²) in [7, 11) is 0. The Morgan fingerprint density at radius 3 is 2.31 bits per heavy atom. The quantitative estimate of drug-likeness (QED) is 0.785. The Morgan fingerprint density at radius 1 is 1.23 bits per heavy atom. The molecule has 0 unspecified atom stereocenters. The number of nitrogens with one attached hydrogen (secondary N) is 1. The highest BCUT2D eigenvalue weighted by molar-refractivity contribution is 5.85. The lowest BCUT2D eigenvalue weighted by molar-refractivity contribution is 0.0349. The topological polar surface area (TPSA) is 21.3 Å². The number of hydrogen-bond acceptors (Lipinski definition) is 2. The van der Waals surface area contributed by atoms with Crippen molar-refractivity contribution in [2.24, 2.45) is 0 Å². The zero-order valence-corrected chi connectivity index (χ0v) is 8.43. The van der Waals surface area contributed by atoms with Gasteiger partial charge in [-0.2, -0.15) is 0 Å². The molecule has 0 spiro atoms. The largest absolute Gasteiger partial charge is 0.485 e. The summed E-state index contributed by atoms with van der Waals surface area (Å²) >= 11 is 0. The fourth-order valence-corrected chi connectivity index (χ4v) is 1.32. The average molecular weight is 200 g/mol. The molecule has 1 N–H and O–H groups in total. The van der Waals surface area contributed by atoms with Crippen LogP contribution in [0.15, 0.2) is 30.3 Å². The Balaban J connectivity index is 0.000000845. The lowest BCUT2D eigenvalue weighted by atomic mass is 10.00. The molecular formula is C10H14ClNO. The Bertz CT molecular complexity index is 259. The lowest BCUT2D eigenvalue weighted by Crippen LogP contribution is -2.60. The third kappa shape index (κ3) is 2.36. The average Bonchev–Trinajstić information content (AvgIpc) is 2.04. The van der Waals surface area contributed by atoms with Crippen molar-refractivity contribution in [2.75, 3.05) is 13.1 Å². The molecular weight excluding hydrogens is 186 g/mol. The molecule has 0 radical (unpaired) electrons. The minimum absolute atomic E-state index is 0. The highest BCUT2D eigenvalue weighted by Crippen LogP contribution is 2.20. The lowest BCUT2D eigenvalue weighted by Gasteiger charge is -2.39. The SMILES string of the molecule is CC1(Oc2ccccc2)CNC1.Cl. The predicted molar refractivity (Wildman–Crippen MR) is 55.6 cm³/mol. The molecule has 1 heterocycles. The molecule has 0 atom stereocenters. The fourth-order valence-electron chi connectivity index (χ4n) is 1.32. The smallest absolute Gasteiger partial charge is 0.131 e. The van der Waals surface area contributed by atoms with Crippen LogP contribution in [-0.2, 0) is 0 Å². The van der Waals surface area contributed by atoms with E-state index in [1.165, 1.54) is 0 Å². The molecule has 1 saturated heterocycles. The van der Waals surface area contributed by atoms with E-state index in [1.54, 1.807) is 0 Å². The number of rotatable bonds is 2. The van der Waals surface area contributed by atoms with Gasteiger partial charge in [0, 0.05) is 13.1 Å². The normalized spacial score (nSPS) is 18.2. The summed E-state index contributed by atoms with van der Waals surface area (Å²) in [6.45, 7) is 4.01. The Kier molecular flexibility index (Phi) is 3.17. The predicted octanol–water partition coefficient (Wildman–Crippen LogP) is 1.85. The van der Waals surface area contributed by atoms with Gasteiger partial charge >= 0.3 is 0 Å². The molecule has 0 aliphatic carbocycles. The van der Waals surface area contributed by atoms with E-state index >= 15 is 0 Å². The molecule has 3 heteroatoms. The van der Waals surface area contributed by atoms with Gasteiger partial charge in [-0.25, -0.2) is 0 Å². The summed E-state index contributed by atoms with van der Waals surface area (Å²) in [6.07, 6.45) is 0. The molecule has 13 heavy (non-hydrogen) atoms. The maximum absolute atomic E-state index is 5.78. The number of para-hydroxylation sites is 1. The third-order valence-corrected chi connectivity index (χ3v) is 2.11. The second-order valence-corrected chi connectivity index (χ2v) is 3.47. The number of hydrogen-bond donors (Lipinski definition) is 1. The van der Waals surface area contributed by atoms with E-state index in [-0.39, 0.29) is 18.0 Å². The maximum atomic E-state index is 5.78. The van der Waals surface area contributed by atoms with Gasteiger partial charge < -0.3 is 10.1 Å². The summed E-state index contributed by atoms with van der Waals surface area (Å²) in [6, 6.07) is 9.96. The van der Waals surface area contributed by atoms with Crippen LogP contribution in [0.3, 0.4) is 0 Å². The van der Waals surface area contributed by atoms with Crippen LogP contribution in [0.2, 0.25) is 0 Å². The van der Waals surface area contributed by atoms with Crippen molar-refractivity contribution in [3.8, 4) is 5.75 Å². The molecule has 1 aromatic rings. The van der Waals surface area contributed by atoms with Gasteiger partial charge in [-0.1, -0.05) is 18.2 Å². The summed E-state index contributed by atoms with van der Waals surface area (Å²) in [5, 5.41) is 3.20. The van der Waals surface area contributed by atoms with Gasteiger partial charge in [0.05, 0.1) is 0 Å². The Labute approximate surface area is 84.7 Å². The zero-order valence-electron chi connectivity index (χ0n) is 7.62. The Morgan fingerprint density at radius 2 is 1.85 bits per heavy atom. The van der Waals surface area contributed by atoms with Crippen molar-refractivity contribution in [3.63, 3.8) is 0 Å². The zero-order chi connectivity index (χ0) is 8.44. The monoisotopic (exact) mass is 199 g/mol. The molecule has 1 aliphatic rings. The molecule has 0 bridgehead atoms. The van der Waals surface area contributed by atoms with E-state index in [0.717, 1.165) is 18.8 Å². The van der Waals surface area contributed by atoms with E-state index < -0.39 is 0 Å². The van der Waals surface area contributed by atoms with Crippen LogP contribution in [0.25, 0.3) is 0 Å². The minimum Gasteiger partial charge on any atom is -0.485 e. The first-order chi connectivity index (χ1) is 5.79. The minimum atomic E-state index is 0. The van der Waals surface area contributed by atoms with Crippen molar-refractivity contribution >= 4 is 12.4 Å². The molecule has 1 fully saturated rings. The van der Waals surface area contributed by atoms with Gasteiger partial charge in [0.2, 0.25) is 0 Å². The van der Waals surface area contributed by atoms with Crippen molar-refractivity contribution in [3.05, 3.63) is 30.3 Å². The van der Waals surface area contributed by atoms with E-state index in [1.807, 2.05) is 30.3 Å². The van der Waals surface area contributed by atoms with Gasteiger partial charge in [-0.15, -0.1) is 12.4 Å². The van der Waals surface area contributed by atoms with Gasteiger partial charge in [0.25, 0.3) is 0 Å².